The second kappa shape index (κ2) is 16.8. The molecule has 0 atom stereocenters. The molecule has 0 bridgehead atoms. The first-order chi connectivity index (χ1) is 32.7. The molecule has 0 radical (unpaired) electrons. The van der Waals surface area contributed by atoms with E-state index in [1.807, 2.05) is 0 Å². The summed E-state index contributed by atoms with van der Waals surface area (Å²) in [6.07, 6.45) is 0. The van der Waals surface area contributed by atoms with E-state index in [1.165, 1.54) is 66.0 Å². The van der Waals surface area contributed by atoms with E-state index in [2.05, 4.69) is 276 Å². The van der Waals surface area contributed by atoms with E-state index in [1.54, 1.807) is 0 Å². The summed E-state index contributed by atoms with van der Waals surface area (Å²) >= 11 is 0. The second-order valence-electron chi connectivity index (χ2n) is 16.9. The molecular weight excluding hydrogens is 797 g/mol. The zero-order valence-electron chi connectivity index (χ0n) is 36.3. The zero-order chi connectivity index (χ0) is 43.8. The Balaban J connectivity index is 0.994. The van der Waals surface area contributed by atoms with Gasteiger partial charge < -0.3 is 9.47 Å². The van der Waals surface area contributed by atoms with Crippen molar-refractivity contribution in [1.82, 2.24) is 4.57 Å². The molecule has 12 rings (SSSR count). The maximum Gasteiger partial charge on any atom is 0.0541 e. The lowest BCUT2D eigenvalue weighted by atomic mass is 9.90. The number of hydrogen-bond donors (Lipinski definition) is 0. The Morgan fingerprint density at radius 3 is 1.42 bits per heavy atom. The average molecular weight is 841 g/mol. The van der Waals surface area contributed by atoms with Crippen LogP contribution in [-0.4, -0.2) is 4.57 Å². The zero-order valence-corrected chi connectivity index (χ0v) is 36.3. The number of fused-ring (bicyclic) bond motifs is 4. The minimum absolute atomic E-state index is 1.07. The van der Waals surface area contributed by atoms with E-state index >= 15 is 0 Å². The van der Waals surface area contributed by atoms with Gasteiger partial charge in [-0.25, -0.2) is 0 Å². The molecule has 11 aromatic carbocycles. The van der Waals surface area contributed by atoms with Crippen molar-refractivity contribution in [1.29, 1.82) is 0 Å². The third kappa shape index (κ3) is 7.02. The topological polar surface area (TPSA) is 8.17 Å². The average Bonchev–Trinajstić information content (AvgIpc) is 3.74. The van der Waals surface area contributed by atoms with Crippen LogP contribution in [0.25, 0.3) is 93.9 Å². The Bertz CT molecular complexity index is 3620. The summed E-state index contributed by atoms with van der Waals surface area (Å²) in [6.45, 7) is 0. The van der Waals surface area contributed by atoms with Crippen LogP contribution in [0.1, 0.15) is 0 Å². The molecule has 0 N–H and O–H groups in total. The van der Waals surface area contributed by atoms with E-state index in [0.717, 1.165) is 45.0 Å². The summed E-state index contributed by atoms with van der Waals surface area (Å²) in [5.74, 6) is 0. The molecule has 0 amide bonds. The number of para-hydroxylation sites is 3. The standard InChI is InChI=1S/C64H44N2/c1-3-17-45(18-4-1)46-35-37-47(38-36-46)51-23-13-25-54(43-51)65(61-32-10-9-29-59(61)60-31-16-22-50-21-15-30-56(64(50)60)49-19-5-2-6-20-49)53-41-39-48(40-42-53)52-24-14-26-55(44-52)66-62-33-11-7-27-57(62)58-28-8-12-34-63(58)66/h1-44H. The summed E-state index contributed by atoms with van der Waals surface area (Å²) < 4.78 is 2.39. The van der Waals surface area contributed by atoms with E-state index in [4.69, 9.17) is 0 Å². The molecule has 1 heterocycles. The highest BCUT2D eigenvalue weighted by molar-refractivity contribution is 6.10. The van der Waals surface area contributed by atoms with Gasteiger partial charge in [0.2, 0.25) is 0 Å². The Hall–Kier alpha value is -8.72. The molecule has 0 spiro atoms. The van der Waals surface area contributed by atoms with Crippen LogP contribution in [0.2, 0.25) is 0 Å². The van der Waals surface area contributed by atoms with Crippen molar-refractivity contribution >= 4 is 49.6 Å². The fraction of sp³-hybridized carbons (Fsp3) is 0. The van der Waals surface area contributed by atoms with Gasteiger partial charge in [0.15, 0.2) is 0 Å². The highest BCUT2D eigenvalue weighted by Crippen LogP contribution is 2.46. The van der Waals surface area contributed by atoms with Crippen molar-refractivity contribution in [3.63, 3.8) is 0 Å². The first-order valence-corrected chi connectivity index (χ1v) is 22.7. The van der Waals surface area contributed by atoms with Gasteiger partial charge in [-0.15, -0.1) is 0 Å². The van der Waals surface area contributed by atoms with Crippen LogP contribution < -0.4 is 4.90 Å². The maximum absolute atomic E-state index is 2.43. The molecule has 0 aliphatic carbocycles. The second-order valence-corrected chi connectivity index (χ2v) is 16.9. The molecule has 12 aromatic rings. The number of benzene rings is 11. The van der Waals surface area contributed by atoms with Crippen LogP contribution in [0.4, 0.5) is 17.1 Å². The van der Waals surface area contributed by atoms with Crippen LogP contribution >= 0.6 is 0 Å². The lowest BCUT2D eigenvalue weighted by Crippen LogP contribution is -2.11. The molecule has 2 heteroatoms. The largest absolute Gasteiger partial charge is 0.310 e. The molecule has 2 nitrogen and oxygen atoms in total. The maximum atomic E-state index is 2.43. The van der Waals surface area contributed by atoms with E-state index in [0.29, 0.717) is 0 Å². The summed E-state index contributed by atoms with van der Waals surface area (Å²) in [6, 6.07) is 96.9. The normalized spacial score (nSPS) is 11.3. The number of nitrogens with zero attached hydrogens (tertiary/aromatic N) is 2. The molecule has 0 saturated carbocycles. The van der Waals surface area contributed by atoms with Gasteiger partial charge in [0.05, 0.1) is 16.7 Å². The van der Waals surface area contributed by atoms with E-state index < -0.39 is 0 Å². The van der Waals surface area contributed by atoms with Crippen molar-refractivity contribution in [2.45, 2.75) is 0 Å². The first-order valence-electron chi connectivity index (χ1n) is 22.7. The van der Waals surface area contributed by atoms with Gasteiger partial charge >= 0.3 is 0 Å². The van der Waals surface area contributed by atoms with Crippen LogP contribution in [0.3, 0.4) is 0 Å². The number of rotatable bonds is 9. The molecule has 0 aliphatic heterocycles. The lowest BCUT2D eigenvalue weighted by Gasteiger charge is -2.29. The quantitative estimate of drug-likeness (QED) is 0.141. The van der Waals surface area contributed by atoms with Gasteiger partial charge in [-0.1, -0.05) is 212 Å². The monoisotopic (exact) mass is 840 g/mol. The minimum Gasteiger partial charge on any atom is -0.310 e. The van der Waals surface area contributed by atoms with Crippen LogP contribution in [0.15, 0.2) is 267 Å². The number of aromatic nitrogens is 1. The van der Waals surface area contributed by atoms with Gasteiger partial charge in [0.25, 0.3) is 0 Å². The summed E-state index contributed by atoms with van der Waals surface area (Å²) in [5.41, 5.74) is 18.7. The number of anilines is 3. The Morgan fingerprint density at radius 1 is 0.273 bits per heavy atom. The number of hydrogen-bond acceptors (Lipinski definition) is 1. The molecular formula is C64H44N2. The summed E-state index contributed by atoms with van der Waals surface area (Å²) in [7, 11) is 0. The molecule has 0 fully saturated rings. The van der Waals surface area contributed by atoms with E-state index in [9.17, 15) is 0 Å². The summed E-state index contributed by atoms with van der Waals surface area (Å²) in [4.78, 5) is 2.43. The Morgan fingerprint density at radius 2 is 0.742 bits per heavy atom. The van der Waals surface area contributed by atoms with Gasteiger partial charge in [-0.2, -0.15) is 0 Å². The van der Waals surface area contributed by atoms with Gasteiger partial charge in [-0.05, 0) is 115 Å². The first kappa shape index (κ1) is 38.9. The highest BCUT2D eigenvalue weighted by Gasteiger charge is 2.21. The van der Waals surface area contributed by atoms with Crippen molar-refractivity contribution in [3.8, 4) is 61.3 Å². The van der Waals surface area contributed by atoms with Gasteiger partial charge in [0.1, 0.15) is 0 Å². The molecule has 310 valence electrons. The van der Waals surface area contributed by atoms with Crippen LogP contribution in [-0.2, 0) is 0 Å². The van der Waals surface area contributed by atoms with Gasteiger partial charge in [-0.3, -0.25) is 0 Å². The Kier molecular flexibility index (Phi) is 9.89. The van der Waals surface area contributed by atoms with E-state index in [-0.39, 0.29) is 0 Å². The fourth-order valence-electron chi connectivity index (χ4n) is 9.89. The predicted octanol–water partition coefficient (Wildman–Crippen LogP) is 17.7. The van der Waals surface area contributed by atoms with Crippen molar-refractivity contribution < 1.29 is 0 Å². The van der Waals surface area contributed by atoms with Gasteiger partial charge in [0, 0.05) is 33.4 Å². The third-order valence-electron chi connectivity index (χ3n) is 13.0. The van der Waals surface area contributed by atoms with Crippen LogP contribution in [0.5, 0.6) is 0 Å². The molecule has 66 heavy (non-hydrogen) atoms. The molecule has 1 aromatic heterocycles. The predicted molar refractivity (Wildman–Crippen MR) is 280 cm³/mol. The van der Waals surface area contributed by atoms with Crippen molar-refractivity contribution in [3.05, 3.63) is 267 Å². The fourth-order valence-corrected chi connectivity index (χ4v) is 9.89. The third-order valence-corrected chi connectivity index (χ3v) is 13.0. The summed E-state index contributed by atoms with van der Waals surface area (Å²) in [5, 5.41) is 4.97. The lowest BCUT2D eigenvalue weighted by molar-refractivity contribution is 1.18. The molecule has 0 unspecified atom stereocenters. The highest BCUT2D eigenvalue weighted by atomic mass is 15.1. The smallest absolute Gasteiger partial charge is 0.0541 e. The minimum atomic E-state index is 1.07. The molecule has 0 saturated heterocycles. The SMILES string of the molecule is c1ccc(-c2ccc(-c3cccc(N(c4ccc(-c5cccc(-n6c7ccccc7c7ccccc76)c5)cc4)c4ccccc4-c4cccc5cccc(-c6ccccc6)c45)c3)cc2)cc1. The van der Waals surface area contributed by atoms with Crippen molar-refractivity contribution in [2.75, 3.05) is 4.90 Å². The Labute approximate surface area is 385 Å². The molecule has 0 aliphatic rings. The van der Waals surface area contributed by atoms with Crippen molar-refractivity contribution in [2.24, 2.45) is 0 Å². The van der Waals surface area contributed by atoms with Crippen LogP contribution in [0, 0.1) is 0 Å².